The Morgan fingerprint density at radius 3 is 2.75 bits per heavy atom. The van der Waals surface area contributed by atoms with Crippen molar-refractivity contribution in [3.8, 4) is 10.7 Å². The van der Waals surface area contributed by atoms with Crippen LogP contribution in [0.2, 0.25) is 0 Å². The highest BCUT2D eigenvalue weighted by molar-refractivity contribution is 7.82. The van der Waals surface area contributed by atoms with Gasteiger partial charge in [0.05, 0.1) is 12.7 Å². The van der Waals surface area contributed by atoms with Crippen LogP contribution in [0.4, 0.5) is 0 Å². The van der Waals surface area contributed by atoms with E-state index in [1.54, 1.807) is 12.1 Å². The van der Waals surface area contributed by atoms with Crippen LogP contribution in [0.1, 0.15) is 10.4 Å². The largest absolute Gasteiger partial charge is 0.465 e. The first kappa shape index (κ1) is 11.0. The van der Waals surface area contributed by atoms with Crippen LogP contribution in [0.15, 0.2) is 22.7 Å². The van der Waals surface area contributed by atoms with Crippen LogP contribution < -0.4 is 0 Å². The van der Waals surface area contributed by atoms with Gasteiger partial charge in [-0.3, -0.25) is 4.98 Å². The molecule has 0 N–H and O–H groups in total. The Balaban J connectivity index is 2.29. The minimum Gasteiger partial charge on any atom is -0.465 e. The van der Waals surface area contributed by atoms with Gasteiger partial charge in [0.1, 0.15) is 5.69 Å². The summed E-state index contributed by atoms with van der Waals surface area (Å²) in [6, 6.07) is 3.33. The number of aromatic nitrogens is 3. The van der Waals surface area contributed by atoms with Crippen molar-refractivity contribution in [1.29, 1.82) is 0 Å². The fourth-order valence-corrected chi connectivity index (χ4v) is 1.94. The lowest BCUT2D eigenvalue weighted by molar-refractivity contribution is 0.0600. The number of hydrogen-bond donors (Lipinski definition) is 1. The Morgan fingerprint density at radius 1 is 1.44 bits per heavy atom. The number of carbonyl (C=O) groups excluding carboxylic acids is 1. The summed E-state index contributed by atoms with van der Waals surface area (Å²) in [4.78, 5) is 15.3. The zero-order valence-electron chi connectivity index (χ0n) is 8.25. The van der Waals surface area contributed by atoms with Crippen LogP contribution in [-0.2, 0) is 4.74 Å². The molecule has 2 aromatic heterocycles. The van der Waals surface area contributed by atoms with E-state index in [1.165, 1.54) is 24.6 Å². The zero-order chi connectivity index (χ0) is 11.5. The van der Waals surface area contributed by atoms with E-state index in [1.807, 2.05) is 0 Å². The van der Waals surface area contributed by atoms with Gasteiger partial charge >= 0.3 is 5.97 Å². The third-order valence-corrected chi connectivity index (χ3v) is 2.93. The quantitative estimate of drug-likeness (QED) is 0.651. The molecule has 7 heteroatoms. The molecule has 0 saturated carbocycles. The van der Waals surface area contributed by atoms with Gasteiger partial charge in [0, 0.05) is 6.20 Å². The molecule has 5 nitrogen and oxygen atoms in total. The number of esters is 1. The molecule has 0 amide bonds. The molecule has 0 aliphatic rings. The summed E-state index contributed by atoms with van der Waals surface area (Å²) in [5, 5.41) is 8.33. The Kier molecular flexibility index (Phi) is 3.16. The highest BCUT2D eigenvalue weighted by atomic mass is 32.2. The first-order valence-electron chi connectivity index (χ1n) is 4.28. The van der Waals surface area contributed by atoms with Gasteiger partial charge in [0.2, 0.25) is 0 Å². The van der Waals surface area contributed by atoms with Crippen molar-refractivity contribution in [2.24, 2.45) is 0 Å². The van der Waals surface area contributed by atoms with Gasteiger partial charge in [-0.2, -0.15) is 0 Å². The predicted octanol–water partition coefficient (Wildman–Crippen LogP) is 1.68. The average Bonchev–Trinajstić information content (AvgIpc) is 2.75. The standard InChI is InChI=1S/C9H7N3O2S2/c1-14-8(13)5-2-3-6(10-4-5)7-11-12-9(15)16-7/h2-4H,1H3,(H,12,15). The fraction of sp³-hybridized carbons (Fsp3) is 0.111. The van der Waals surface area contributed by atoms with E-state index in [0.29, 0.717) is 20.6 Å². The molecular formula is C9H7N3O2S2. The molecule has 0 saturated heterocycles. The van der Waals surface area contributed by atoms with Crippen molar-refractivity contribution in [2.45, 2.75) is 4.34 Å². The zero-order valence-corrected chi connectivity index (χ0v) is 9.96. The number of hydrogen-bond acceptors (Lipinski definition) is 7. The van der Waals surface area contributed by atoms with Gasteiger partial charge in [0.25, 0.3) is 0 Å². The highest BCUT2D eigenvalue weighted by Crippen LogP contribution is 2.23. The van der Waals surface area contributed by atoms with Crippen molar-refractivity contribution in [3.63, 3.8) is 0 Å². The summed E-state index contributed by atoms with van der Waals surface area (Å²) in [5.74, 6) is -0.411. The summed E-state index contributed by atoms with van der Waals surface area (Å²) in [6.45, 7) is 0. The monoisotopic (exact) mass is 253 g/mol. The van der Waals surface area contributed by atoms with Gasteiger partial charge in [-0.1, -0.05) is 11.3 Å². The molecular weight excluding hydrogens is 246 g/mol. The number of methoxy groups -OCH3 is 1. The van der Waals surface area contributed by atoms with E-state index in [9.17, 15) is 4.79 Å². The van der Waals surface area contributed by atoms with E-state index in [2.05, 4.69) is 32.5 Å². The Labute approximate surface area is 101 Å². The average molecular weight is 253 g/mol. The first-order valence-corrected chi connectivity index (χ1v) is 5.54. The Hall–Kier alpha value is -1.47. The fourth-order valence-electron chi connectivity index (χ4n) is 1.08. The Morgan fingerprint density at radius 2 is 2.25 bits per heavy atom. The smallest absolute Gasteiger partial charge is 0.339 e. The van der Waals surface area contributed by atoms with E-state index < -0.39 is 5.97 Å². The maximum atomic E-state index is 11.2. The van der Waals surface area contributed by atoms with Crippen molar-refractivity contribution >= 4 is 29.9 Å². The first-order chi connectivity index (χ1) is 7.70. The molecule has 0 spiro atoms. The van der Waals surface area contributed by atoms with Gasteiger partial charge < -0.3 is 4.74 Å². The van der Waals surface area contributed by atoms with Gasteiger partial charge in [0.15, 0.2) is 9.35 Å². The van der Waals surface area contributed by atoms with Crippen molar-refractivity contribution in [3.05, 3.63) is 23.9 Å². The molecule has 82 valence electrons. The van der Waals surface area contributed by atoms with E-state index >= 15 is 0 Å². The number of rotatable bonds is 2. The van der Waals surface area contributed by atoms with Crippen LogP contribution >= 0.6 is 24.0 Å². The Bertz CT molecular complexity index is 510. The number of pyridine rings is 1. The summed E-state index contributed by atoms with van der Waals surface area (Å²) in [7, 11) is 1.33. The van der Waals surface area contributed by atoms with E-state index in [0.717, 1.165) is 0 Å². The maximum absolute atomic E-state index is 11.2. The molecule has 0 aliphatic carbocycles. The molecule has 0 radical (unpaired) electrons. The molecule has 0 fully saturated rings. The summed E-state index contributed by atoms with van der Waals surface area (Å²) >= 11 is 5.39. The third-order valence-electron chi connectivity index (χ3n) is 1.82. The molecule has 2 rings (SSSR count). The van der Waals surface area contributed by atoms with Crippen LogP contribution in [0.25, 0.3) is 10.7 Å². The summed E-state index contributed by atoms with van der Waals surface area (Å²) in [6.07, 6.45) is 1.45. The minimum atomic E-state index is -0.411. The molecule has 0 unspecified atom stereocenters. The number of ether oxygens (including phenoxy) is 1. The SMILES string of the molecule is COC(=O)c1ccc(-c2nnc(S)s2)nc1. The van der Waals surface area contributed by atoms with Crippen LogP contribution in [0.3, 0.4) is 0 Å². The summed E-state index contributed by atoms with van der Waals surface area (Å²) in [5.41, 5.74) is 1.06. The predicted molar refractivity (Wildman–Crippen MR) is 61.7 cm³/mol. The number of thiol groups is 1. The molecule has 2 heterocycles. The van der Waals surface area contributed by atoms with Crippen LogP contribution in [0.5, 0.6) is 0 Å². The second-order valence-electron chi connectivity index (χ2n) is 2.81. The van der Waals surface area contributed by atoms with Crippen molar-refractivity contribution in [2.75, 3.05) is 7.11 Å². The van der Waals surface area contributed by atoms with Crippen LogP contribution in [0, 0.1) is 0 Å². The number of carbonyl (C=O) groups is 1. The van der Waals surface area contributed by atoms with E-state index in [-0.39, 0.29) is 0 Å². The molecule has 0 atom stereocenters. The lowest BCUT2D eigenvalue weighted by Crippen LogP contribution is -2.01. The van der Waals surface area contributed by atoms with E-state index in [4.69, 9.17) is 0 Å². The normalized spacial score (nSPS) is 10.1. The van der Waals surface area contributed by atoms with Crippen molar-refractivity contribution in [1.82, 2.24) is 15.2 Å². The third kappa shape index (κ3) is 2.20. The maximum Gasteiger partial charge on any atom is 0.339 e. The molecule has 0 aromatic carbocycles. The second-order valence-corrected chi connectivity index (χ2v) is 4.52. The second kappa shape index (κ2) is 4.58. The lowest BCUT2D eigenvalue weighted by atomic mass is 10.2. The highest BCUT2D eigenvalue weighted by Gasteiger charge is 2.09. The lowest BCUT2D eigenvalue weighted by Gasteiger charge is -1.98. The van der Waals surface area contributed by atoms with Gasteiger partial charge in [-0.25, -0.2) is 4.79 Å². The molecule has 0 bridgehead atoms. The van der Waals surface area contributed by atoms with Crippen molar-refractivity contribution < 1.29 is 9.53 Å². The topological polar surface area (TPSA) is 65.0 Å². The van der Waals surface area contributed by atoms with Crippen LogP contribution in [-0.4, -0.2) is 28.3 Å². The minimum absolute atomic E-state index is 0.405. The molecule has 0 aliphatic heterocycles. The molecule has 16 heavy (non-hydrogen) atoms. The summed E-state index contributed by atoms with van der Waals surface area (Å²) < 4.78 is 5.15. The van der Waals surface area contributed by atoms with Gasteiger partial charge in [-0.05, 0) is 12.1 Å². The number of nitrogens with zero attached hydrogens (tertiary/aromatic N) is 3. The molecule has 2 aromatic rings. The van der Waals surface area contributed by atoms with Gasteiger partial charge in [-0.15, -0.1) is 22.8 Å².